The summed E-state index contributed by atoms with van der Waals surface area (Å²) in [5.74, 6) is 0.819. The molecule has 1 aliphatic carbocycles. The van der Waals surface area contributed by atoms with Crippen LogP contribution in [-0.4, -0.2) is 19.1 Å². The van der Waals surface area contributed by atoms with E-state index in [1.165, 1.54) is 76.7 Å². The molecule has 4 heteroatoms. The first-order valence-corrected chi connectivity index (χ1v) is 20.4. The molecule has 0 fully saturated rings. The van der Waals surface area contributed by atoms with Crippen molar-refractivity contribution in [3.8, 4) is 33.9 Å². The first kappa shape index (κ1) is 32.5. The summed E-state index contributed by atoms with van der Waals surface area (Å²) in [6.07, 6.45) is 0. The van der Waals surface area contributed by atoms with E-state index in [9.17, 15) is 0 Å². The Hall–Kier alpha value is -7.56. The predicted molar refractivity (Wildman–Crippen MR) is 246 cm³/mol. The van der Waals surface area contributed by atoms with Gasteiger partial charge in [-0.25, -0.2) is 9.97 Å². The molecule has 0 bridgehead atoms. The molecule has 0 atom stereocenters. The van der Waals surface area contributed by atoms with Gasteiger partial charge in [0.05, 0.1) is 38.8 Å². The van der Waals surface area contributed by atoms with E-state index < -0.39 is 0 Å². The van der Waals surface area contributed by atoms with Gasteiger partial charge in [0.15, 0.2) is 5.82 Å². The molecule has 4 nitrogen and oxygen atoms in total. The van der Waals surface area contributed by atoms with Crippen LogP contribution in [0.1, 0.15) is 25.0 Å². The highest BCUT2D eigenvalue weighted by molar-refractivity contribution is 6.24. The van der Waals surface area contributed by atoms with Crippen LogP contribution in [-0.2, 0) is 5.41 Å². The summed E-state index contributed by atoms with van der Waals surface area (Å²) in [6, 6.07) is 66.2. The van der Waals surface area contributed by atoms with Crippen LogP contribution in [0.2, 0.25) is 0 Å². The van der Waals surface area contributed by atoms with E-state index in [1.807, 2.05) is 0 Å². The monoisotopic (exact) mass is 752 g/mol. The molecule has 0 amide bonds. The van der Waals surface area contributed by atoms with Crippen LogP contribution >= 0.6 is 0 Å². The Morgan fingerprint density at radius 2 is 1.03 bits per heavy atom. The van der Waals surface area contributed by atoms with Crippen molar-refractivity contribution in [3.63, 3.8) is 0 Å². The van der Waals surface area contributed by atoms with Gasteiger partial charge in [0, 0.05) is 43.3 Å². The fraction of sp³-hybridized carbons (Fsp3) is 0.0545. The highest BCUT2D eigenvalue weighted by Crippen LogP contribution is 2.53. The van der Waals surface area contributed by atoms with E-state index in [4.69, 9.17) is 9.97 Å². The minimum atomic E-state index is -0.153. The third-order valence-corrected chi connectivity index (χ3v) is 13.1. The van der Waals surface area contributed by atoms with Crippen molar-refractivity contribution in [1.82, 2.24) is 19.1 Å². The summed E-state index contributed by atoms with van der Waals surface area (Å²) < 4.78 is 4.94. The van der Waals surface area contributed by atoms with Gasteiger partial charge in [-0.2, -0.15) is 0 Å². The van der Waals surface area contributed by atoms with E-state index in [1.54, 1.807) is 0 Å². The smallest absolute Gasteiger partial charge is 0.165 e. The third kappa shape index (κ3) is 4.32. The molecule has 12 aromatic rings. The maximum Gasteiger partial charge on any atom is 0.165 e. The number of hydrogen-bond acceptors (Lipinski definition) is 2. The first-order valence-electron chi connectivity index (χ1n) is 20.4. The molecule has 0 spiro atoms. The maximum absolute atomic E-state index is 5.62. The summed E-state index contributed by atoms with van der Waals surface area (Å²) in [6.45, 7) is 4.68. The van der Waals surface area contributed by atoms with Crippen LogP contribution in [0, 0.1) is 0 Å². The zero-order chi connectivity index (χ0) is 39.0. The van der Waals surface area contributed by atoms with Gasteiger partial charge in [0.2, 0.25) is 0 Å². The number of hydrogen-bond donors (Lipinski definition) is 0. The molecule has 3 heterocycles. The average molecular weight is 753 g/mol. The van der Waals surface area contributed by atoms with Gasteiger partial charge in [-0.05, 0) is 63.4 Å². The van der Waals surface area contributed by atoms with Gasteiger partial charge >= 0.3 is 0 Å². The van der Waals surface area contributed by atoms with Crippen LogP contribution in [0.3, 0.4) is 0 Å². The van der Waals surface area contributed by atoms with Crippen LogP contribution in [0.25, 0.3) is 110 Å². The van der Waals surface area contributed by atoms with E-state index in [0.29, 0.717) is 0 Å². The lowest BCUT2D eigenvalue weighted by Gasteiger charge is -2.22. The Morgan fingerprint density at radius 1 is 0.424 bits per heavy atom. The Balaban J connectivity index is 1.23. The lowest BCUT2D eigenvalue weighted by atomic mass is 9.82. The number of aromatic nitrogens is 4. The van der Waals surface area contributed by atoms with E-state index in [0.717, 1.165) is 44.5 Å². The Bertz CT molecular complexity index is 3770. The molecular formula is C55H36N4. The molecule has 59 heavy (non-hydrogen) atoms. The summed E-state index contributed by atoms with van der Waals surface area (Å²) in [5, 5.41) is 9.64. The van der Waals surface area contributed by atoms with Crippen LogP contribution in [0.5, 0.6) is 0 Å². The van der Waals surface area contributed by atoms with E-state index in [-0.39, 0.29) is 5.41 Å². The molecule has 0 saturated heterocycles. The number of benzene rings is 9. The van der Waals surface area contributed by atoms with Gasteiger partial charge in [0.25, 0.3) is 0 Å². The zero-order valence-electron chi connectivity index (χ0n) is 32.6. The van der Waals surface area contributed by atoms with E-state index in [2.05, 4.69) is 205 Å². The molecule has 0 aliphatic heterocycles. The Morgan fingerprint density at radius 3 is 1.86 bits per heavy atom. The lowest BCUT2D eigenvalue weighted by molar-refractivity contribution is 0.660. The molecule has 0 saturated carbocycles. The average Bonchev–Trinajstić information content (AvgIpc) is 3.88. The van der Waals surface area contributed by atoms with Gasteiger partial charge in [0.1, 0.15) is 5.69 Å². The minimum Gasteiger partial charge on any atom is -0.307 e. The summed E-state index contributed by atoms with van der Waals surface area (Å²) >= 11 is 0. The molecule has 9 aromatic carbocycles. The summed E-state index contributed by atoms with van der Waals surface area (Å²) in [5.41, 5.74) is 14.4. The number of fused-ring (bicyclic) bond motifs is 13. The van der Waals surface area contributed by atoms with Crippen molar-refractivity contribution >= 4 is 76.2 Å². The quantitative estimate of drug-likeness (QED) is 0.180. The zero-order valence-corrected chi connectivity index (χ0v) is 32.6. The molecule has 13 rings (SSSR count). The van der Waals surface area contributed by atoms with Gasteiger partial charge in [-0.1, -0.05) is 166 Å². The normalized spacial score (nSPS) is 13.4. The predicted octanol–water partition coefficient (Wildman–Crippen LogP) is 14.1. The van der Waals surface area contributed by atoms with Gasteiger partial charge < -0.3 is 4.57 Å². The second kappa shape index (κ2) is 11.7. The van der Waals surface area contributed by atoms with Crippen LogP contribution in [0.4, 0.5) is 0 Å². The largest absolute Gasteiger partial charge is 0.307 e. The minimum absolute atomic E-state index is 0.153. The fourth-order valence-corrected chi connectivity index (χ4v) is 10.5. The number of nitrogens with zero attached hydrogens (tertiary/aromatic N) is 4. The molecule has 3 aromatic heterocycles. The van der Waals surface area contributed by atoms with Crippen molar-refractivity contribution in [2.24, 2.45) is 0 Å². The molecule has 276 valence electrons. The standard InChI is InChI=1S/C55H36N4/c1-55(2)42-24-10-7-21-39(42)49-41(23-15-25-43(49)55)51-54(57-45-27-12-11-26-44(45)56-51)58-47-29-14-9-22-40(47)50-48(58)32-34-17-4-6-19-36(34)53(50)59-46-28-13-8-20-37(46)38-31-30-33-16-3-5-18-35(33)52(38)59/h3-32H,1-2H3. The van der Waals surface area contributed by atoms with Gasteiger partial charge in [-0.3, -0.25) is 4.57 Å². The summed E-state index contributed by atoms with van der Waals surface area (Å²) in [7, 11) is 0. The van der Waals surface area contributed by atoms with Crippen molar-refractivity contribution < 1.29 is 0 Å². The second-order valence-corrected chi connectivity index (χ2v) is 16.5. The Kier molecular flexibility index (Phi) is 6.48. The molecular weight excluding hydrogens is 717 g/mol. The lowest BCUT2D eigenvalue weighted by Crippen LogP contribution is -2.14. The van der Waals surface area contributed by atoms with Crippen molar-refractivity contribution in [1.29, 1.82) is 0 Å². The van der Waals surface area contributed by atoms with Crippen LogP contribution in [0.15, 0.2) is 182 Å². The summed E-state index contributed by atoms with van der Waals surface area (Å²) in [4.78, 5) is 11.2. The topological polar surface area (TPSA) is 35.6 Å². The van der Waals surface area contributed by atoms with Crippen molar-refractivity contribution in [2.45, 2.75) is 19.3 Å². The van der Waals surface area contributed by atoms with Crippen molar-refractivity contribution in [3.05, 3.63) is 193 Å². The fourth-order valence-electron chi connectivity index (χ4n) is 10.5. The third-order valence-electron chi connectivity index (χ3n) is 13.1. The molecule has 0 N–H and O–H groups in total. The van der Waals surface area contributed by atoms with Gasteiger partial charge in [-0.15, -0.1) is 0 Å². The maximum atomic E-state index is 5.62. The number of rotatable bonds is 3. The highest BCUT2D eigenvalue weighted by Gasteiger charge is 2.37. The van der Waals surface area contributed by atoms with Crippen LogP contribution < -0.4 is 0 Å². The second-order valence-electron chi connectivity index (χ2n) is 16.5. The molecule has 1 aliphatic rings. The Labute approximate surface area is 340 Å². The SMILES string of the molecule is CC1(C)c2ccccc2-c2c(-c3nc4ccccc4nc3-n3c4ccccc4c4c(-n5c6ccccc6c6ccc7ccccc7c65)c5ccccc5cc43)cccc21. The molecule has 0 unspecified atom stereocenters. The molecule has 0 radical (unpaired) electrons. The first-order chi connectivity index (χ1) is 29.1. The van der Waals surface area contributed by atoms with Crippen molar-refractivity contribution in [2.75, 3.05) is 0 Å². The number of para-hydroxylation sites is 4. The van der Waals surface area contributed by atoms with E-state index >= 15 is 0 Å². The highest BCUT2D eigenvalue weighted by atomic mass is 15.1.